The van der Waals surface area contributed by atoms with Gasteiger partial charge in [0, 0.05) is 13.2 Å². The van der Waals surface area contributed by atoms with E-state index in [1.54, 1.807) is 13.1 Å². The smallest absolute Gasteiger partial charge is 0.243 e. The van der Waals surface area contributed by atoms with E-state index < -0.39 is 0 Å². The zero-order valence-corrected chi connectivity index (χ0v) is 12.7. The molecule has 0 saturated heterocycles. The summed E-state index contributed by atoms with van der Waals surface area (Å²) >= 11 is 0. The molecule has 2 heterocycles. The minimum Gasteiger partial charge on any atom is -0.471 e. The number of allylic oxidation sites excluding steroid dienone is 1. The summed E-state index contributed by atoms with van der Waals surface area (Å²) in [5, 5.41) is 3.40. The first-order valence-electron chi connectivity index (χ1n) is 6.79. The number of fused-ring (bicyclic) bond motifs is 1. The van der Waals surface area contributed by atoms with Crippen LogP contribution in [-0.4, -0.2) is 33.5 Å². The van der Waals surface area contributed by atoms with E-state index in [1.807, 2.05) is 27.0 Å². The largest absolute Gasteiger partial charge is 0.471 e. The van der Waals surface area contributed by atoms with Crippen molar-refractivity contribution in [2.75, 3.05) is 7.05 Å². The summed E-state index contributed by atoms with van der Waals surface area (Å²) in [5.41, 5.74) is 1.38. The molecule has 0 radical (unpaired) electrons. The lowest BCUT2D eigenvalue weighted by molar-refractivity contribution is -0.116. The predicted octanol–water partition coefficient (Wildman–Crippen LogP) is 1.98. The predicted molar refractivity (Wildman–Crippen MR) is 81.2 cm³/mol. The number of carbonyl (C=O) groups excluding carboxylic acids is 1. The molecule has 0 bridgehead atoms. The second-order valence-corrected chi connectivity index (χ2v) is 5.65. The van der Waals surface area contributed by atoms with E-state index in [0.29, 0.717) is 12.3 Å². The summed E-state index contributed by atoms with van der Waals surface area (Å²) in [4.78, 5) is 22.7. The monoisotopic (exact) mass is 288 g/mol. The molecule has 0 saturated carbocycles. The van der Waals surface area contributed by atoms with Gasteiger partial charge in [-0.25, -0.2) is 9.97 Å². The topological polar surface area (TPSA) is 79.9 Å². The molecule has 0 aliphatic carbocycles. The van der Waals surface area contributed by atoms with Crippen LogP contribution in [0.25, 0.3) is 11.0 Å². The number of ether oxygens (including phenoxy) is 1. The van der Waals surface area contributed by atoms with E-state index in [0.717, 1.165) is 16.6 Å². The Morgan fingerprint density at radius 2 is 2.19 bits per heavy atom. The molecule has 2 N–H and O–H groups in total. The van der Waals surface area contributed by atoms with Crippen LogP contribution < -0.4 is 10.1 Å². The Bertz CT molecular complexity index is 668. The Morgan fingerprint density at radius 1 is 1.43 bits per heavy atom. The minimum atomic E-state index is -0.340. The van der Waals surface area contributed by atoms with E-state index in [2.05, 4.69) is 20.3 Å². The highest BCUT2D eigenvalue weighted by molar-refractivity contribution is 5.88. The van der Waals surface area contributed by atoms with E-state index in [-0.39, 0.29) is 11.5 Å². The zero-order valence-electron chi connectivity index (χ0n) is 12.7. The van der Waals surface area contributed by atoms with Crippen molar-refractivity contribution >= 4 is 16.9 Å². The number of H-pyrrole nitrogens is 1. The lowest BCUT2D eigenvalue weighted by Crippen LogP contribution is -2.23. The molecular weight excluding hydrogens is 268 g/mol. The van der Waals surface area contributed by atoms with Crippen LogP contribution in [0.1, 0.15) is 26.3 Å². The first kappa shape index (κ1) is 15.0. The number of likely N-dealkylation sites (N-methyl/N-ethyl adjacent to an activating group) is 1. The van der Waals surface area contributed by atoms with Crippen LogP contribution in [0.15, 0.2) is 24.7 Å². The SMILES string of the molecule is CNC(=O)/C=C/Cc1c[nH]c2ncnc(OC(C)(C)C)c12. The first-order valence-corrected chi connectivity index (χ1v) is 6.79. The Hall–Kier alpha value is -2.37. The highest BCUT2D eigenvalue weighted by Gasteiger charge is 2.18. The number of aromatic nitrogens is 3. The molecule has 0 unspecified atom stereocenters. The third kappa shape index (κ3) is 3.81. The normalized spacial score (nSPS) is 12.0. The van der Waals surface area contributed by atoms with Gasteiger partial charge in [-0.2, -0.15) is 0 Å². The van der Waals surface area contributed by atoms with Crippen molar-refractivity contribution in [3.8, 4) is 5.88 Å². The summed E-state index contributed by atoms with van der Waals surface area (Å²) in [6.45, 7) is 5.91. The maximum atomic E-state index is 11.2. The van der Waals surface area contributed by atoms with Crippen molar-refractivity contribution in [2.24, 2.45) is 0 Å². The van der Waals surface area contributed by atoms with Gasteiger partial charge >= 0.3 is 0 Å². The average molecular weight is 288 g/mol. The van der Waals surface area contributed by atoms with Gasteiger partial charge < -0.3 is 15.0 Å². The molecule has 0 aliphatic rings. The Morgan fingerprint density at radius 3 is 2.86 bits per heavy atom. The molecule has 21 heavy (non-hydrogen) atoms. The van der Waals surface area contributed by atoms with Gasteiger partial charge in [0.2, 0.25) is 11.8 Å². The van der Waals surface area contributed by atoms with Crippen LogP contribution in [-0.2, 0) is 11.2 Å². The third-order valence-electron chi connectivity index (χ3n) is 2.77. The van der Waals surface area contributed by atoms with E-state index in [4.69, 9.17) is 4.74 Å². The molecule has 1 amide bonds. The zero-order chi connectivity index (χ0) is 15.5. The maximum absolute atomic E-state index is 11.2. The lowest BCUT2D eigenvalue weighted by Gasteiger charge is -2.20. The summed E-state index contributed by atoms with van der Waals surface area (Å²) in [6, 6.07) is 0. The van der Waals surface area contributed by atoms with Crippen LogP contribution in [0.5, 0.6) is 5.88 Å². The Labute approximate surface area is 123 Å². The van der Waals surface area contributed by atoms with Crippen LogP contribution in [0.4, 0.5) is 0 Å². The summed E-state index contributed by atoms with van der Waals surface area (Å²) in [7, 11) is 1.60. The molecule has 2 rings (SSSR count). The second kappa shape index (κ2) is 5.95. The van der Waals surface area contributed by atoms with Crippen molar-refractivity contribution in [3.05, 3.63) is 30.2 Å². The van der Waals surface area contributed by atoms with Gasteiger partial charge in [-0.1, -0.05) is 6.08 Å². The molecule has 0 aromatic carbocycles. The van der Waals surface area contributed by atoms with Crippen molar-refractivity contribution in [1.82, 2.24) is 20.3 Å². The fourth-order valence-electron chi connectivity index (χ4n) is 1.90. The molecule has 0 aliphatic heterocycles. The first-order chi connectivity index (χ1) is 9.90. The molecule has 2 aromatic heterocycles. The number of nitrogens with one attached hydrogen (secondary N) is 2. The van der Waals surface area contributed by atoms with Gasteiger partial charge in [0.25, 0.3) is 0 Å². The Kier molecular flexibility index (Phi) is 4.26. The van der Waals surface area contributed by atoms with Gasteiger partial charge in [-0.05, 0) is 38.8 Å². The third-order valence-corrected chi connectivity index (χ3v) is 2.77. The molecule has 0 atom stereocenters. The number of aromatic amines is 1. The highest BCUT2D eigenvalue weighted by Crippen LogP contribution is 2.28. The van der Waals surface area contributed by atoms with E-state index in [9.17, 15) is 4.79 Å². The van der Waals surface area contributed by atoms with Crippen molar-refractivity contribution in [3.63, 3.8) is 0 Å². The summed E-state index contributed by atoms with van der Waals surface area (Å²) in [5.74, 6) is 0.425. The molecule has 6 heteroatoms. The van der Waals surface area contributed by atoms with Gasteiger partial charge in [-0.15, -0.1) is 0 Å². The van der Waals surface area contributed by atoms with Crippen molar-refractivity contribution < 1.29 is 9.53 Å². The fraction of sp³-hybridized carbons (Fsp3) is 0.400. The number of amides is 1. The number of hydrogen-bond donors (Lipinski definition) is 2. The minimum absolute atomic E-state index is 0.128. The average Bonchev–Trinajstić information content (AvgIpc) is 2.81. The molecule has 6 nitrogen and oxygen atoms in total. The second-order valence-electron chi connectivity index (χ2n) is 5.65. The number of carbonyl (C=O) groups is 1. The lowest BCUT2D eigenvalue weighted by atomic mass is 10.1. The molecule has 112 valence electrons. The highest BCUT2D eigenvalue weighted by atomic mass is 16.5. The van der Waals surface area contributed by atoms with Crippen LogP contribution >= 0.6 is 0 Å². The fourth-order valence-corrected chi connectivity index (χ4v) is 1.90. The number of hydrogen-bond acceptors (Lipinski definition) is 4. The summed E-state index contributed by atoms with van der Waals surface area (Å²) < 4.78 is 5.89. The number of nitrogens with zero attached hydrogens (tertiary/aromatic N) is 2. The van der Waals surface area contributed by atoms with Crippen molar-refractivity contribution in [2.45, 2.75) is 32.8 Å². The van der Waals surface area contributed by atoms with Crippen LogP contribution in [0.2, 0.25) is 0 Å². The standard InChI is InChI=1S/C15H20N4O2/c1-15(2,3)21-14-12-10(6-5-7-11(20)16-4)8-17-13(12)18-9-19-14/h5,7-9H,6H2,1-4H3,(H,16,20)(H,17,18,19)/b7-5+. The van der Waals surface area contributed by atoms with Crippen LogP contribution in [0.3, 0.4) is 0 Å². The maximum Gasteiger partial charge on any atom is 0.243 e. The van der Waals surface area contributed by atoms with Crippen LogP contribution in [0, 0.1) is 0 Å². The molecule has 2 aromatic rings. The quantitative estimate of drug-likeness (QED) is 0.843. The number of rotatable bonds is 4. The Balaban J connectivity index is 2.32. The molecule has 0 fully saturated rings. The molecular formula is C15H20N4O2. The van der Waals surface area contributed by atoms with E-state index >= 15 is 0 Å². The van der Waals surface area contributed by atoms with Gasteiger partial charge in [0.1, 0.15) is 17.6 Å². The summed E-state index contributed by atoms with van der Waals surface area (Å²) in [6.07, 6.45) is 7.25. The van der Waals surface area contributed by atoms with Gasteiger partial charge in [-0.3, -0.25) is 4.79 Å². The van der Waals surface area contributed by atoms with E-state index in [1.165, 1.54) is 12.4 Å². The van der Waals surface area contributed by atoms with Gasteiger partial charge in [0.15, 0.2) is 0 Å². The van der Waals surface area contributed by atoms with Gasteiger partial charge in [0.05, 0.1) is 5.39 Å². The molecule has 0 spiro atoms. The van der Waals surface area contributed by atoms with Crippen molar-refractivity contribution in [1.29, 1.82) is 0 Å².